The summed E-state index contributed by atoms with van der Waals surface area (Å²) >= 11 is 16.8. The number of hydrazine groups is 1. The monoisotopic (exact) mass is 471 g/mol. The molecule has 1 atom stereocenters. The van der Waals surface area contributed by atoms with Crippen LogP contribution in [0.15, 0.2) is 42.5 Å². The minimum absolute atomic E-state index is 0.108. The number of hydrogen-bond acceptors (Lipinski definition) is 6. The fraction of sp³-hybridized carbons (Fsp3) is 0.211. The summed E-state index contributed by atoms with van der Waals surface area (Å²) in [6, 6.07) is 11.4. The van der Waals surface area contributed by atoms with Crippen LogP contribution in [-0.2, 0) is 9.59 Å². The van der Waals surface area contributed by atoms with Gasteiger partial charge in [-0.25, -0.2) is 0 Å². The highest BCUT2D eigenvalue weighted by molar-refractivity contribution is 7.80. The van der Waals surface area contributed by atoms with Gasteiger partial charge in [0.05, 0.1) is 12.1 Å². The van der Waals surface area contributed by atoms with Crippen molar-refractivity contribution in [3.05, 3.63) is 52.5 Å². The molecule has 0 radical (unpaired) electrons. The second kappa shape index (κ2) is 11.4. The van der Waals surface area contributed by atoms with Gasteiger partial charge in [0.1, 0.15) is 17.2 Å². The highest BCUT2D eigenvalue weighted by Crippen LogP contribution is 2.28. The summed E-state index contributed by atoms with van der Waals surface area (Å²) in [5, 5.41) is 2.98. The first kappa shape index (κ1) is 23.5. The molecule has 8 nitrogen and oxygen atoms in total. The predicted molar refractivity (Wildman–Crippen MR) is 117 cm³/mol. The third kappa shape index (κ3) is 7.58. The summed E-state index contributed by atoms with van der Waals surface area (Å²) in [4.78, 5) is 24.0. The quantitative estimate of drug-likeness (QED) is 0.421. The average molecular weight is 472 g/mol. The Hall–Kier alpha value is -2.75. The van der Waals surface area contributed by atoms with E-state index in [1.807, 2.05) is 0 Å². The van der Waals surface area contributed by atoms with Gasteiger partial charge in [0.25, 0.3) is 11.8 Å². The first-order chi connectivity index (χ1) is 14.3. The lowest BCUT2D eigenvalue weighted by molar-refractivity contribution is -0.128. The number of thiocarbonyl (C=S) groups is 1. The van der Waals surface area contributed by atoms with Gasteiger partial charge in [-0.2, -0.15) is 0 Å². The fourth-order valence-corrected chi connectivity index (χ4v) is 2.67. The molecule has 160 valence electrons. The fourth-order valence-electron chi connectivity index (χ4n) is 2.05. The Morgan fingerprint density at radius 2 is 1.73 bits per heavy atom. The van der Waals surface area contributed by atoms with Crippen molar-refractivity contribution in [2.45, 2.75) is 13.0 Å². The van der Waals surface area contributed by atoms with Crippen molar-refractivity contribution in [2.75, 3.05) is 13.7 Å². The largest absolute Gasteiger partial charge is 0.497 e. The number of carbonyl (C=O) groups is 2. The number of nitrogens with one attached hydrogen (secondary N) is 3. The Kier molecular flexibility index (Phi) is 8.97. The van der Waals surface area contributed by atoms with Crippen molar-refractivity contribution in [2.24, 2.45) is 0 Å². The molecule has 0 aliphatic carbocycles. The maximum Gasteiger partial charge on any atom is 0.279 e. The van der Waals surface area contributed by atoms with E-state index < -0.39 is 17.9 Å². The molecule has 0 saturated carbocycles. The van der Waals surface area contributed by atoms with Crippen molar-refractivity contribution < 1.29 is 23.8 Å². The van der Waals surface area contributed by atoms with Gasteiger partial charge in [-0.3, -0.25) is 25.8 Å². The third-order valence-corrected chi connectivity index (χ3v) is 4.28. The molecule has 0 aliphatic heterocycles. The van der Waals surface area contributed by atoms with Crippen LogP contribution in [0.5, 0.6) is 17.2 Å². The van der Waals surface area contributed by atoms with Crippen LogP contribution in [0, 0.1) is 0 Å². The van der Waals surface area contributed by atoms with Crippen molar-refractivity contribution in [3.63, 3.8) is 0 Å². The van der Waals surface area contributed by atoms with E-state index in [1.165, 1.54) is 13.0 Å². The van der Waals surface area contributed by atoms with Crippen LogP contribution < -0.4 is 30.4 Å². The molecule has 0 bridgehead atoms. The lowest BCUT2D eigenvalue weighted by Gasteiger charge is -2.17. The molecule has 11 heteroatoms. The zero-order chi connectivity index (χ0) is 22.1. The van der Waals surface area contributed by atoms with Gasteiger partial charge in [-0.1, -0.05) is 23.2 Å². The number of ether oxygens (including phenoxy) is 3. The molecule has 2 rings (SSSR count). The summed E-state index contributed by atoms with van der Waals surface area (Å²) in [5.74, 6) is 0.423. The lowest BCUT2D eigenvalue weighted by atomic mass is 10.3. The van der Waals surface area contributed by atoms with Crippen molar-refractivity contribution in [1.29, 1.82) is 0 Å². The van der Waals surface area contributed by atoms with Gasteiger partial charge in [0, 0.05) is 5.02 Å². The van der Waals surface area contributed by atoms with Crippen LogP contribution in [-0.4, -0.2) is 36.7 Å². The Labute approximate surface area is 188 Å². The SMILES string of the molecule is COc1ccc(OCC(=O)NC(=S)NNC(=O)C(C)Oc2ccc(Cl)cc2Cl)cc1. The molecule has 0 aromatic heterocycles. The van der Waals surface area contributed by atoms with Crippen molar-refractivity contribution >= 4 is 52.3 Å². The standard InChI is InChI=1S/C19H19Cl2N3O5S/c1-11(29-16-8-3-12(20)9-15(16)21)18(26)23-24-19(30)22-17(25)10-28-14-6-4-13(27-2)5-7-14/h3-9,11H,10H2,1-2H3,(H,23,26)(H2,22,24,25,30). The Morgan fingerprint density at radius 1 is 1.07 bits per heavy atom. The van der Waals surface area contributed by atoms with Crippen LogP contribution in [0.2, 0.25) is 10.0 Å². The van der Waals surface area contributed by atoms with E-state index in [1.54, 1.807) is 43.5 Å². The summed E-state index contributed by atoms with van der Waals surface area (Å²) in [5.41, 5.74) is 4.74. The molecule has 0 saturated heterocycles. The lowest BCUT2D eigenvalue weighted by Crippen LogP contribution is -2.52. The number of hydrogen-bond donors (Lipinski definition) is 3. The summed E-state index contributed by atoms with van der Waals surface area (Å²) < 4.78 is 15.8. The number of benzene rings is 2. The van der Waals surface area contributed by atoms with Crippen molar-refractivity contribution in [3.8, 4) is 17.2 Å². The van der Waals surface area contributed by atoms with E-state index in [2.05, 4.69) is 16.2 Å². The number of halogens is 2. The topological polar surface area (TPSA) is 97.9 Å². The highest BCUT2D eigenvalue weighted by Gasteiger charge is 2.17. The molecule has 0 heterocycles. The van der Waals surface area contributed by atoms with Crippen LogP contribution in [0.3, 0.4) is 0 Å². The molecule has 1 unspecified atom stereocenters. The molecule has 0 aliphatic rings. The van der Waals surface area contributed by atoms with Gasteiger partial charge in [-0.15, -0.1) is 0 Å². The van der Waals surface area contributed by atoms with Gasteiger partial charge in [0.2, 0.25) is 0 Å². The molecule has 3 N–H and O–H groups in total. The second-order valence-corrected chi connectivity index (χ2v) is 7.04. The summed E-state index contributed by atoms with van der Waals surface area (Å²) in [6.07, 6.45) is -0.895. The molecule has 2 amide bonds. The smallest absolute Gasteiger partial charge is 0.279 e. The molecule has 2 aromatic carbocycles. The summed E-state index contributed by atoms with van der Waals surface area (Å²) in [7, 11) is 1.55. The van der Waals surface area contributed by atoms with E-state index in [9.17, 15) is 9.59 Å². The van der Waals surface area contributed by atoms with Gasteiger partial charge in [-0.05, 0) is 61.6 Å². The Bertz CT molecular complexity index is 912. The van der Waals surface area contributed by atoms with Crippen molar-refractivity contribution in [1.82, 2.24) is 16.2 Å². The molecular formula is C19H19Cl2N3O5S. The van der Waals surface area contributed by atoms with Crippen LogP contribution >= 0.6 is 35.4 Å². The zero-order valence-electron chi connectivity index (χ0n) is 16.0. The zero-order valence-corrected chi connectivity index (χ0v) is 18.4. The minimum atomic E-state index is -0.895. The number of amides is 2. The molecular weight excluding hydrogens is 453 g/mol. The minimum Gasteiger partial charge on any atom is -0.497 e. The first-order valence-corrected chi connectivity index (χ1v) is 9.73. The Morgan fingerprint density at radius 3 is 2.37 bits per heavy atom. The molecule has 0 spiro atoms. The first-order valence-electron chi connectivity index (χ1n) is 8.56. The van der Waals surface area contributed by atoms with E-state index in [-0.39, 0.29) is 16.7 Å². The summed E-state index contributed by atoms with van der Waals surface area (Å²) in [6.45, 7) is 1.25. The third-order valence-electron chi connectivity index (χ3n) is 3.55. The predicted octanol–water partition coefficient (Wildman–Crippen LogP) is 2.87. The molecule has 0 fully saturated rings. The van der Waals surface area contributed by atoms with Gasteiger partial charge < -0.3 is 14.2 Å². The van der Waals surface area contributed by atoms with E-state index >= 15 is 0 Å². The van der Waals surface area contributed by atoms with Gasteiger partial charge >= 0.3 is 0 Å². The van der Waals surface area contributed by atoms with Crippen LogP contribution in [0.25, 0.3) is 0 Å². The second-order valence-electron chi connectivity index (χ2n) is 5.79. The molecule has 30 heavy (non-hydrogen) atoms. The maximum atomic E-state index is 12.1. The number of rotatable bonds is 7. The average Bonchev–Trinajstić information content (AvgIpc) is 2.72. The molecule has 2 aromatic rings. The van der Waals surface area contributed by atoms with Crippen LogP contribution in [0.4, 0.5) is 0 Å². The number of carbonyl (C=O) groups excluding carboxylic acids is 2. The highest BCUT2D eigenvalue weighted by atomic mass is 35.5. The van der Waals surface area contributed by atoms with E-state index in [0.717, 1.165) is 0 Å². The maximum absolute atomic E-state index is 12.1. The van der Waals surface area contributed by atoms with E-state index in [0.29, 0.717) is 22.3 Å². The normalized spacial score (nSPS) is 11.1. The number of methoxy groups -OCH3 is 1. The Balaban J connectivity index is 1.71. The van der Waals surface area contributed by atoms with E-state index in [4.69, 9.17) is 49.6 Å². The van der Waals surface area contributed by atoms with Crippen LogP contribution in [0.1, 0.15) is 6.92 Å². The van der Waals surface area contributed by atoms with Gasteiger partial charge in [0.15, 0.2) is 17.8 Å².